The maximum absolute atomic E-state index is 10.6. The molecule has 63 valence electrons. The zero-order chi connectivity index (χ0) is 8.69. The molecule has 11 heavy (non-hydrogen) atoms. The zero-order valence-corrected chi connectivity index (χ0v) is 6.25. The van der Waals surface area contributed by atoms with Crippen LogP contribution in [-0.4, -0.2) is 18.5 Å². The van der Waals surface area contributed by atoms with Gasteiger partial charge in [-0.25, -0.2) is 15.4 Å². The van der Waals surface area contributed by atoms with Crippen LogP contribution in [-0.2, 0) is 19.5 Å². The normalized spacial score (nSPS) is 9.18. The van der Waals surface area contributed by atoms with Crippen LogP contribution in [0.1, 0.15) is 19.8 Å². The number of nitrogens with one attached hydrogen (secondary N) is 1. The highest BCUT2D eigenvalue weighted by Gasteiger charge is 2.05. The largest absolute Gasteiger partial charge is 0.356 e. The molecule has 5 heteroatoms. The zero-order valence-electron chi connectivity index (χ0n) is 6.25. The summed E-state index contributed by atoms with van der Waals surface area (Å²) in [7, 11) is 0. The third-order valence-electron chi connectivity index (χ3n) is 0.887. The standard InChI is InChI=1S/C6H10NO4/c1-2-11-7-5(8)3-4-6(9)10/h2-4H2,1H3,(H,7,8). The molecule has 0 aromatic carbocycles. The Bertz CT molecular complexity index is 146. The van der Waals surface area contributed by atoms with E-state index in [4.69, 9.17) is 0 Å². The Balaban J connectivity index is 3.30. The van der Waals surface area contributed by atoms with Crippen LogP contribution in [0.5, 0.6) is 0 Å². The van der Waals surface area contributed by atoms with Gasteiger partial charge in [0.1, 0.15) is 0 Å². The molecule has 1 radical (unpaired) electrons. The van der Waals surface area contributed by atoms with E-state index in [1.807, 2.05) is 0 Å². The van der Waals surface area contributed by atoms with Crippen molar-refractivity contribution in [3.63, 3.8) is 0 Å². The summed E-state index contributed by atoms with van der Waals surface area (Å²) in [5.74, 6) is -1.69. The van der Waals surface area contributed by atoms with Crippen LogP contribution >= 0.6 is 0 Å². The lowest BCUT2D eigenvalue weighted by Crippen LogP contribution is -2.23. The Kier molecular flexibility index (Phi) is 5.10. The third kappa shape index (κ3) is 6.79. The molecular formula is C6H10NO4. The lowest BCUT2D eigenvalue weighted by atomic mass is 10.3. The van der Waals surface area contributed by atoms with Crippen LogP contribution in [0.2, 0.25) is 0 Å². The smallest absolute Gasteiger partial charge is 0.274 e. The summed E-state index contributed by atoms with van der Waals surface area (Å²) in [5, 5.41) is 9.85. The molecule has 0 rings (SSSR count). The Morgan fingerprint density at radius 2 is 2.00 bits per heavy atom. The summed E-state index contributed by atoms with van der Waals surface area (Å²) >= 11 is 0. The van der Waals surface area contributed by atoms with Gasteiger partial charge in [0.05, 0.1) is 13.0 Å². The van der Waals surface area contributed by atoms with Crippen molar-refractivity contribution in [3.8, 4) is 0 Å². The minimum atomic E-state index is -1.24. The first-order valence-corrected chi connectivity index (χ1v) is 3.27. The van der Waals surface area contributed by atoms with Gasteiger partial charge in [-0.3, -0.25) is 9.63 Å². The van der Waals surface area contributed by atoms with Crippen LogP contribution in [0, 0.1) is 0 Å². The topological polar surface area (TPSA) is 75.3 Å². The molecule has 0 heterocycles. The highest BCUT2D eigenvalue weighted by atomic mass is 16.6. The van der Waals surface area contributed by atoms with Crippen molar-refractivity contribution >= 4 is 11.9 Å². The van der Waals surface area contributed by atoms with Gasteiger partial charge in [0.2, 0.25) is 5.91 Å². The van der Waals surface area contributed by atoms with Gasteiger partial charge in [-0.2, -0.15) is 0 Å². The fraction of sp³-hybridized carbons (Fsp3) is 0.667. The number of rotatable bonds is 5. The van der Waals surface area contributed by atoms with Crippen LogP contribution in [0.3, 0.4) is 0 Å². The predicted molar refractivity (Wildman–Crippen MR) is 34.7 cm³/mol. The van der Waals surface area contributed by atoms with Gasteiger partial charge in [0, 0.05) is 6.42 Å². The van der Waals surface area contributed by atoms with E-state index in [1.54, 1.807) is 6.92 Å². The van der Waals surface area contributed by atoms with Gasteiger partial charge in [-0.05, 0) is 6.92 Å². The minimum Gasteiger partial charge on any atom is -0.274 e. The first-order valence-electron chi connectivity index (χ1n) is 3.27. The quantitative estimate of drug-likeness (QED) is 0.565. The number of hydrogen-bond acceptors (Lipinski definition) is 3. The minimum absolute atomic E-state index is 0.109. The molecule has 0 aliphatic heterocycles. The Morgan fingerprint density at radius 3 is 2.45 bits per heavy atom. The van der Waals surface area contributed by atoms with E-state index < -0.39 is 11.9 Å². The molecular weight excluding hydrogens is 150 g/mol. The Hall–Kier alpha value is -1.10. The van der Waals surface area contributed by atoms with Gasteiger partial charge < -0.3 is 0 Å². The molecule has 0 saturated carbocycles. The van der Waals surface area contributed by atoms with E-state index in [1.165, 1.54) is 0 Å². The molecule has 0 aromatic rings. The summed E-state index contributed by atoms with van der Waals surface area (Å²) in [5.41, 5.74) is 2.06. The summed E-state index contributed by atoms with van der Waals surface area (Å²) in [6.07, 6.45) is -0.388. The van der Waals surface area contributed by atoms with Crippen molar-refractivity contribution in [1.82, 2.24) is 5.48 Å². The molecule has 0 unspecified atom stereocenters. The van der Waals surface area contributed by atoms with Crippen molar-refractivity contribution in [3.05, 3.63) is 0 Å². The second-order valence-corrected chi connectivity index (χ2v) is 1.83. The highest BCUT2D eigenvalue weighted by Crippen LogP contribution is 1.88. The van der Waals surface area contributed by atoms with E-state index >= 15 is 0 Å². The van der Waals surface area contributed by atoms with Gasteiger partial charge >= 0.3 is 5.97 Å². The summed E-state index contributed by atoms with van der Waals surface area (Å²) in [6, 6.07) is 0. The molecule has 0 spiro atoms. The van der Waals surface area contributed by atoms with Crippen LogP contribution < -0.4 is 5.48 Å². The van der Waals surface area contributed by atoms with Gasteiger partial charge in [-0.15, -0.1) is 0 Å². The first kappa shape index (κ1) is 9.90. The number of carbonyl (C=O) groups is 2. The van der Waals surface area contributed by atoms with Crippen molar-refractivity contribution < 1.29 is 19.5 Å². The summed E-state index contributed by atoms with van der Waals surface area (Å²) < 4.78 is 0. The molecule has 0 bridgehead atoms. The Labute approximate surface area is 64.3 Å². The lowest BCUT2D eigenvalue weighted by molar-refractivity contribution is -0.146. The number of amides is 1. The number of carbonyl (C=O) groups excluding carboxylic acids is 2. The van der Waals surface area contributed by atoms with Crippen LogP contribution in [0.25, 0.3) is 0 Å². The number of hydrogen-bond donors (Lipinski definition) is 1. The molecule has 5 nitrogen and oxygen atoms in total. The molecule has 0 aliphatic carbocycles. The summed E-state index contributed by atoms with van der Waals surface area (Å²) in [4.78, 5) is 24.9. The van der Waals surface area contributed by atoms with Gasteiger partial charge in [-0.1, -0.05) is 0 Å². The molecule has 0 saturated heterocycles. The second-order valence-electron chi connectivity index (χ2n) is 1.83. The maximum Gasteiger partial charge on any atom is 0.356 e. The molecule has 0 fully saturated rings. The highest BCUT2D eigenvalue weighted by molar-refractivity contribution is 5.79. The molecule has 0 atom stereocenters. The Morgan fingerprint density at radius 1 is 1.36 bits per heavy atom. The van der Waals surface area contributed by atoms with Crippen molar-refractivity contribution in [2.45, 2.75) is 19.8 Å². The van der Waals surface area contributed by atoms with Gasteiger partial charge in [0.15, 0.2) is 0 Å². The SMILES string of the molecule is CCONC(=O)CCC([O])=O. The lowest BCUT2D eigenvalue weighted by Gasteiger charge is -2.00. The van der Waals surface area contributed by atoms with E-state index in [-0.39, 0.29) is 12.8 Å². The third-order valence-corrected chi connectivity index (χ3v) is 0.887. The first-order chi connectivity index (χ1) is 5.16. The molecule has 0 aliphatic rings. The molecule has 1 amide bonds. The van der Waals surface area contributed by atoms with Crippen molar-refractivity contribution in [1.29, 1.82) is 0 Å². The average Bonchev–Trinajstić information content (AvgIpc) is 1.97. The number of hydroxylamine groups is 1. The fourth-order valence-corrected chi connectivity index (χ4v) is 0.419. The van der Waals surface area contributed by atoms with Crippen molar-refractivity contribution in [2.75, 3.05) is 6.61 Å². The van der Waals surface area contributed by atoms with Gasteiger partial charge in [0.25, 0.3) is 0 Å². The van der Waals surface area contributed by atoms with E-state index in [0.29, 0.717) is 6.61 Å². The van der Waals surface area contributed by atoms with Crippen molar-refractivity contribution in [2.24, 2.45) is 0 Å². The average molecular weight is 160 g/mol. The monoisotopic (exact) mass is 160 g/mol. The molecule has 1 N–H and O–H groups in total. The maximum atomic E-state index is 10.6. The van der Waals surface area contributed by atoms with Crippen LogP contribution in [0.4, 0.5) is 0 Å². The fourth-order valence-electron chi connectivity index (χ4n) is 0.419. The van der Waals surface area contributed by atoms with E-state index in [2.05, 4.69) is 10.3 Å². The predicted octanol–water partition coefficient (Wildman–Crippen LogP) is -0.209. The molecule has 0 aromatic heterocycles. The second kappa shape index (κ2) is 5.67. The summed E-state index contributed by atoms with van der Waals surface area (Å²) in [6.45, 7) is 2.07. The van der Waals surface area contributed by atoms with E-state index in [0.717, 1.165) is 0 Å². The van der Waals surface area contributed by atoms with Crippen LogP contribution in [0.15, 0.2) is 0 Å². The van der Waals surface area contributed by atoms with E-state index in [9.17, 15) is 14.7 Å².